The van der Waals surface area contributed by atoms with Gasteiger partial charge in [0.05, 0.1) is 6.10 Å². The molecule has 3 nitrogen and oxygen atoms in total. The summed E-state index contributed by atoms with van der Waals surface area (Å²) in [5, 5.41) is 0. The van der Waals surface area contributed by atoms with E-state index >= 15 is 0 Å². The van der Waals surface area contributed by atoms with Crippen molar-refractivity contribution in [2.45, 2.75) is 38.8 Å². The van der Waals surface area contributed by atoms with Crippen molar-refractivity contribution in [1.29, 1.82) is 0 Å². The number of nitrogens with zero attached hydrogens (tertiary/aromatic N) is 1. The predicted molar refractivity (Wildman–Crippen MR) is 61.6 cm³/mol. The number of hydrogen-bond donors (Lipinski definition) is 1. The first-order chi connectivity index (χ1) is 7.27. The van der Waals surface area contributed by atoms with E-state index in [-0.39, 0.29) is 12.1 Å². The van der Waals surface area contributed by atoms with Gasteiger partial charge < -0.3 is 10.5 Å². The maximum atomic E-state index is 6.08. The second-order valence-electron chi connectivity index (χ2n) is 3.59. The Morgan fingerprint density at radius 1 is 1.40 bits per heavy atom. The fourth-order valence-electron chi connectivity index (χ4n) is 1.65. The summed E-state index contributed by atoms with van der Waals surface area (Å²) in [4.78, 5) is 4.26. The quantitative estimate of drug-likeness (QED) is 0.775. The van der Waals surface area contributed by atoms with Crippen LogP contribution in [0.15, 0.2) is 24.4 Å². The van der Waals surface area contributed by atoms with E-state index in [1.165, 1.54) is 0 Å². The molecule has 1 aromatic rings. The van der Waals surface area contributed by atoms with Crippen molar-refractivity contribution in [2.75, 3.05) is 6.61 Å². The summed E-state index contributed by atoms with van der Waals surface area (Å²) in [6.45, 7) is 4.81. The Morgan fingerprint density at radius 3 is 2.73 bits per heavy atom. The zero-order valence-electron chi connectivity index (χ0n) is 9.52. The molecule has 0 aromatic carbocycles. The average Bonchev–Trinajstić information content (AvgIpc) is 2.27. The third kappa shape index (κ3) is 3.98. The first-order valence-corrected chi connectivity index (χ1v) is 5.55. The standard InChI is InChI=1S/C12H20N2O/c1-3-12(15-4-2)11(13)9-10-7-5-6-8-14-10/h5-8,11-12H,3-4,9,13H2,1-2H3/t11-,12-/m1/s1. The maximum Gasteiger partial charge on any atom is 0.0727 e. The summed E-state index contributed by atoms with van der Waals surface area (Å²) in [5.41, 5.74) is 7.11. The van der Waals surface area contributed by atoms with Crippen LogP contribution in [0.3, 0.4) is 0 Å². The Morgan fingerprint density at radius 2 is 2.20 bits per heavy atom. The first-order valence-electron chi connectivity index (χ1n) is 5.55. The molecule has 1 rings (SSSR count). The Balaban J connectivity index is 2.50. The summed E-state index contributed by atoms with van der Waals surface area (Å²) in [6.07, 6.45) is 3.65. The third-order valence-electron chi connectivity index (χ3n) is 2.43. The Bertz CT molecular complexity index is 264. The lowest BCUT2D eigenvalue weighted by Gasteiger charge is -2.22. The monoisotopic (exact) mass is 208 g/mol. The Hall–Kier alpha value is -0.930. The molecule has 1 aromatic heterocycles. The zero-order valence-corrected chi connectivity index (χ0v) is 9.52. The molecule has 0 bridgehead atoms. The van der Waals surface area contributed by atoms with Crippen molar-refractivity contribution < 1.29 is 4.74 Å². The lowest BCUT2D eigenvalue weighted by atomic mass is 10.0. The highest BCUT2D eigenvalue weighted by Crippen LogP contribution is 2.07. The molecule has 0 saturated heterocycles. The number of nitrogens with two attached hydrogens (primary N) is 1. The van der Waals surface area contributed by atoms with Crippen molar-refractivity contribution in [2.24, 2.45) is 5.73 Å². The first kappa shape index (κ1) is 12.1. The highest BCUT2D eigenvalue weighted by Gasteiger charge is 2.16. The molecule has 0 saturated carbocycles. The van der Waals surface area contributed by atoms with Gasteiger partial charge in [-0.25, -0.2) is 0 Å². The second-order valence-corrected chi connectivity index (χ2v) is 3.59. The Labute approximate surface area is 91.7 Å². The molecule has 1 heterocycles. The van der Waals surface area contributed by atoms with Crippen molar-refractivity contribution in [3.8, 4) is 0 Å². The molecule has 0 radical (unpaired) electrons. The van der Waals surface area contributed by atoms with Crippen molar-refractivity contribution in [3.05, 3.63) is 30.1 Å². The van der Waals surface area contributed by atoms with E-state index in [2.05, 4.69) is 11.9 Å². The minimum Gasteiger partial charge on any atom is -0.377 e. The molecule has 0 amide bonds. The summed E-state index contributed by atoms with van der Waals surface area (Å²) in [5.74, 6) is 0. The van der Waals surface area contributed by atoms with Gasteiger partial charge in [0.15, 0.2) is 0 Å². The smallest absolute Gasteiger partial charge is 0.0727 e. The molecular weight excluding hydrogens is 188 g/mol. The van der Waals surface area contributed by atoms with Gasteiger partial charge in [0.1, 0.15) is 0 Å². The minimum atomic E-state index is 0.0323. The lowest BCUT2D eigenvalue weighted by molar-refractivity contribution is 0.0415. The van der Waals surface area contributed by atoms with Crippen LogP contribution in [-0.4, -0.2) is 23.7 Å². The van der Waals surface area contributed by atoms with E-state index in [1.54, 1.807) is 6.20 Å². The van der Waals surface area contributed by atoms with E-state index in [4.69, 9.17) is 10.5 Å². The minimum absolute atomic E-state index is 0.0323. The molecule has 2 N–H and O–H groups in total. The van der Waals surface area contributed by atoms with E-state index in [0.717, 1.165) is 18.5 Å². The van der Waals surface area contributed by atoms with Gasteiger partial charge in [-0.3, -0.25) is 4.98 Å². The summed E-state index contributed by atoms with van der Waals surface area (Å²) in [7, 11) is 0. The maximum absolute atomic E-state index is 6.08. The largest absolute Gasteiger partial charge is 0.377 e. The molecular formula is C12H20N2O. The van der Waals surface area contributed by atoms with Crippen LogP contribution in [-0.2, 0) is 11.2 Å². The molecule has 0 aliphatic rings. The fraction of sp³-hybridized carbons (Fsp3) is 0.583. The molecule has 3 heteroatoms. The van der Waals surface area contributed by atoms with Gasteiger partial charge in [-0.1, -0.05) is 13.0 Å². The van der Waals surface area contributed by atoms with Crippen LogP contribution < -0.4 is 5.73 Å². The predicted octanol–water partition coefficient (Wildman–Crippen LogP) is 1.77. The van der Waals surface area contributed by atoms with Crippen LogP contribution in [0, 0.1) is 0 Å². The molecule has 0 spiro atoms. The van der Waals surface area contributed by atoms with Gasteiger partial charge in [-0.15, -0.1) is 0 Å². The van der Waals surface area contributed by atoms with Crippen LogP contribution in [0.1, 0.15) is 26.0 Å². The highest BCUT2D eigenvalue weighted by molar-refractivity contribution is 5.05. The van der Waals surface area contributed by atoms with Gasteiger partial charge in [0.25, 0.3) is 0 Å². The molecule has 2 atom stereocenters. The van der Waals surface area contributed by atoms with E-state index in [0.29, 0.717) is 6.61 Å². The highest BCUT2D eigenvalue weighted by atomic mass is 16.5. The summed E-state index contributed by atoms with van der Waals surface area (Å²) < 4.78 is 5.57. The number of pyridine rings is 1. The number of aromatic nitrogens is 1. The van der Waals surface area contributed by atoms with Crippen LogP contribution in [0.4, 0.5) is 0 Å². The third-order valence-corrected chi connectivity index (χ3v) is 2.43. The van der Waals surface area contributed by atoms with Gasteiger partial charge in [0.2, 0.25) is 0 Å². The average molecular weight is 208 g/mol. The van der Waals surface area contributed by atoms with Crippen molar-refractivity contribution >= 4 is 0 Å². The second kappa shape index (κ2) is 6.53. The van der Waals surface area contributed by atoms with E-state index in [9.17, 15) is 0 Å². The SMILES string of the molecule is CCO[C@H](CC)[C@H](N)Cc1ccccn1. The number of rotatable bonds is 6. The van der Waals surface area contributed by atoms with Crippen molar-refractivity contribution in [1.82, 2.24) is 4.98 Å². The molecule has 84 valence electrons. The van der Waals surface area contributed by atoms with Gasteiger partial charge in [-0.05, 0) is 25.5 Å². The molecule has 15 heavy (non-hydrogen) atoms. The molecule has 0 fully saturated rings. The zero-order chi connectivity index (χ0) is 11.1. The van der Waals surface area contributed by atoms with Crippen LogP contribution in [0.2, 0.25) is 0 Å². The fourth-order valence-corrected chi connectivity index (χ4v) is 1.65. The molecule has 0 unspecified atom stereocenters. The van der Waals surface area contributed by atoms with Crippen molar-refractivity contribution in [3.63, 3.8) is 0 Å². The van der Waals surface area contributed by atoms with Crippen LogP contribution in [0.5, 0.6) is 0 Å². The Kier molecular flexibility index (Phi) is 5.29. The van der Waals surface area contributed by atoms with E-state index in [1.807, 2.05) is 25.1 Å². The van der Waals surface area contributed by atoms with Gasteiger partial charge >= 0.3 is 0 Å². The molecule has 0 aliphatic carbocycles. The van der Waals surface area contributed by atoms with Crippen LogP contribution >= 0.6 is 0 Å². The lowest BCUT2D eigenvalue weighted by Crippen LogP contribution is -2.38. The van der Waals surface area contributed by atoms with E-state index < -0.39 is 0 Å². The summed E-state index contributed by atoms with van der Waals surface area (Å²) >= 11 is 0. The summed E-state index contributed by atoms with van der Waals surface area (Å²) in [6, 6.07) is 5.93. The number of ether oxygens (including phenoxy) is 1. The van der Waals surface area contributed by atoms with Crippen LogP contribution in [0.25, 0.3) is 0 Å². The topological polar surface area (TPSA) is 48.1 Å². The molecule has 0 aliphatic heterocycles. The number of hydrogen-bond acceptors (Lipinski definition) is 3. The van der Waals surface area contributed by atoms with Gasteiger partial charge in [0, 0.05) is 31.0 Å². The normalized spacial score (nSPS) is 14.9. The van der Waals surface area contributed by atoms with Gasteiger partial charge in [-0.2, -0.15) is 0 Å².